The molecule has 1 aliphatic rings. The van der Waals surface area contributed by atoms with E-state index in [4.69, 9.17) is 11.6 Å². The van der Waals surface area contributed by atoms with Crippen LogP contribution in [0.3, 0.4) is 0 Å². The van der Waals surface area contributed by atoms with Crippen molar-refractivity contribution in [2.24, 2.45) is 5.92 Å². The quantitative estimate of drug-likeness (QED) is 0.774. The molecule has 0 unspecified atom stereocenters. The zero-order valence-corrected chi connectivity index (χ0v) is 13.5. The molecule has 0 atom stereocenters. The molecule has 2 amide bonds. The molecule has 0 saturated heterocycles. The Balaban J connectivity index is 1.63. The molecule has 1 aliphatic carbocycles. The highest BCUT2D eigenvalue weighted by Gasteiger charge is 2.14. The van der Waals surface area contributed by atoms with Crippen molar-refractivity contribution in [3.63, 3.8) is 0 Å². The molecule has 1 aromatic rings. The summed E-state index contributed by atoms with van der Waals surface area (Å²) in [6.45, 7) is 1.38. The Morgan fingerprint density at radius 2 is 1.95 bits per heavy atom. The van der Waals surface area contributed by atoms with E-state index in [2.05, 4.69) is 5.32 Å². The van der Waals surface area contributed by atoms with Gasteiger partial charge in [-0.25, -0.2) is 4.79 Å². The fourth-order valence-electron chi connectivity index (χ4n) is 2.96. The minimum absolute atomic E-state index is 0.00336. The molecule has 0 heterocycles. The zero-order chi connectivity index (χ0) is 15.1. The van der Waals surface area contributed by atoms with Crippen molar-refractivity contribution in [3.8, 4) is 0 Å². The first-order valence-electron chi connectivity index (χ1n) is 7.88. The van der Waals surface area contributed by atoms with Gasteiger partial charge in [0.25, 0.3) is 0 Å². The van der Waals surface area contributed by atoms with E-state index in [0.29, 0.717) is 6.54 Å². The van der Waals surface area contributed by atoms with Gasteiger partial charge in [-0.3, -0.25) is 0 Å². The van der Waals surface area contributed by atoms with Crippen LogP contribution in [0.15, 0.2) is 24.3 Å². The molecule has 116 valence electrons. The predicted octanol–water partition coefficient (Wildman–Crippen LogP) is 4.45. The van der Waals surface area contributed by atoms with Crippen molar-refractivity contribution in [2.75, 3.05) is 13.6 Å². The molecule has 1 aromatic carbocycles. The Bertz CT molecular complexity index is 441. The molecule has 3 nitrogen and oxygen atoms in total. The maximum atomic E-state index is 12.0. The van der Waals surface area contributed by atoms with Crippen molar-refractivity contribution < 1.29 is 4.79 Å². The van der Waals surface area contributed by atoms with Crippen LogP contribution in [0.2, 0.25) is 5.02 Å². The number of carbonyl (C=O) groups is 1. The molecule has 2 rings (SSSR count). The summed E-state index contributed by atoms with van der Waals surface area (Å²) in [5.41, 5.74) is 1.09. The fourth-order valence-corrected chi connectivity index (χ4v) is 3.08. The lowest BCUT2D eigenvalue weighted by Gasteiger charge is -2.18. The predicted molar refractivity (Wildman–Crippen MR) is 87.5 cm³/mol. The Morgan fingerprint density at radius 1 is 1.29 bits per heavy atom. The van der Waals surface area contributed by atoms with Crippen LogP contribution in [0.4, 0.5) is 4.79 Å². The molecule has 1 saturated carbocycles. The topological polar surface area (TPSA) is 32.3 Å². The van der Waals surface area contributed by atoms with E-state index in [-0.39, 0.29) is 6.03 Å². The monoisotopic (exact) mass is 308 g/mol. The number of hydrogen-bond acceptors (Lipinski definition) is 1. The number of rotatable bonds is 6. The van der Waals surface area contributed by atoms with Crippen LogP contribution < -0.4 is 5.32 Å². The standard InChI is InChI=1S/C17H25ClN2O/c1-20(13-15-8-10-16(18)11-9-15)17(21)19-12-4-7-14-5-2-3-6-14/h8-11,14H,2-7,12-13H2,1H3,(H,19,21). The zero-order valence-electron chi connectivity index (χ0n) is 12.8. The minimum Gasteiger partial charge on any atom is -0.338 e. The van der Waals surface area contributed by atoms with Gasteiger partial charge in [-0.05, 0) is 36.5 Å². The first-order valence-corrected chi connectivity index (χ1v) is 8.26. The molecule has 0 aromatic heterocycles. The van der Waals surface area contributed by atoms with Gasteiger partial charge in [-0.1, -0.05) is 49.4 Å². The van der Waals surface area contributed by atoms with Gasteiger partial charge in [-0.2, -0.15) is 0 Å². The Kier molecular flexibility index (Phi) is 6.37. The Morgan fingerprint density at radius 3 is 2.62 bits per heavy atom. The molecule has 21 heavy (non-hydrogen) atoms. The number of amides is 2. The molecule has 0 radical (unpaired) electrons. The van der Waals surface area contributed by atoms with Gasteiger partial charge in [-0.15, -0.1) is 0 Å². The molecular formula is C17H25ClN2O. The highest BCUT2D eigenvalue weighted by Crippen LogP contribution is 2.28. The third-order valence-corrected chi connectivity index (χ3v) is 4.47. The number of nitrogens with zero attached hydrogens (tertiary/aromatic N) is 1. The SMILES string of the molecule is CN(Cc1ccc(Cl)cc1)C(=O)NCCCC1CCCC1. The smallest absolute Gasteiger partial charge is 0.317 e. The Labute approximate surface area is 132 Å². The van der Waals surface area contributed by atoms with Gasteiger partial charge in [0.2, 0.25) is 0 Å². The van der Waals surface area contributed by atoms with Gasteiger partial charge in [0.15, 0.2) is 0 Å². The summed E-state index contributed by atoms with van der Waals surface area (Å²) in [4.78, 5) is 13.7. The third kappa shape index (κ3) is 5.58. The number of halogens is 1. The van der Waals surface area contributed by atoms with E-state index in [1.54, 1.807) is 4.90 Å². The van der Waals surface area contributed by atoms with Crippen LogP contribution in [0.25, 0.3) is 0 Å². The van der Waals surface area contributed by atoms with Crippen LogP contribution in [0.5, 0.6) is 0 Å². The van der Waals surface area contributed by atoms with Gasteiger partial charge in [0, 0.05) is 25.2 Å². The average molecular weight is 309 g/mol. The summed E-state index contributed by atoms with van der Waals surface area (Å²) in [7, 11) is 1.82. The van der Waals surface area contributed by atoms with Crippen LogP contribution >= 0.6 is 11.6 Å². The molecule has 0 aliphatic heterocycles. The van der Waals surface area contributed by atoms with Gasteiger partial charge in [0.1, 0.15) is 0 Å². The van der Waals surface area contributed by atoms with Crippen LogP contribution in [0, 0.1) is 5.92 Å². The number of benzene rings is 1. The second kappa shape index (κ2) is 8.28. The average Bonchev–Trinajstić information content (AvgIpc) is 2.99. The minimum atomic E-state index is -0.00336. The van der Waals surface area contributed by atoms with Gasteiger partial charge in [0.05, 0.1) is 0 Å². The molecule has 0 spiro atoms. The molecular weight excluding hydrogens is 284 g/mol. The largest absolute Gasteiger partial charge is 0.338 e. The Hall–Kier alpha value is -1.22. The van der Waals surface area contributed by atoms with Crippen molar-refractivity contribution >= 4 is 17.6 Å². The lowest BCUT2D eigenvalue weighted by atomic mass is 10.0. The second-order valence-corrected chi connectivity index (χ2v) is 6.44. The van der Waals surface area contributed by atoms with Crippen molar-refractivity contribution in [1.82, 2.24) is 10.2 Å². The highest BCUT2D eigenvalue weighted by molar-refractivity contribution is 6.30. The second-order valence-electron chi connectivity index (χ2n) is 6.01. The lowest BCUT2D eigenvalue weighted by molar-refractivity contribution is 0.206. The number of carbonyl (C=O) groups excluding carboxylic acids is 1. The summed E-state index contributed by atoms with van der Waals surface area (Å²) < 4.78 is 0. The van der Waals surface area contributed by atoms with Gasteiger partial charge < -0.3 is 10.2 Å². The summed E-state index contributed by atoms with van der Waals surface area (Å²) in [5.74, 6) is 0.897. The number of nitrogens with one attached hydrogen (secondary N) is 1. The summed E-state index contributed by atoms with van der Waals surface area (Å²) in [6, 6.07) is 7.60. The van der Waals surface area contributed by atoms with E-state index >= 15 is 0 Å². The summed E-state index contributed by atoms with van der Waals surface area (Å²) >= 11 is 5.86. The summed E-state index contributed by atoms with van der Waals surface area (Å²) in [5, 5.41) is 3.72. The van der Waals surface area contributed by atoms with Crippen LogP contribution in [-0.2, 0) is 6.54 Å². The molecule has 4 heteroatoms. The number of hydrogen-bond donors (Lipinski definition) is 1. The van der Waals surface area contributed by atoms with Crippen LogP contribution in [0.1, 0.15) is 44.1 Å². The fraction of sp³-hybridized carbons (Fsp3) is 0.588. The van der Waals surface area contributed by atoms with Crippen molar-refractivity contribution in [3.05, 3.63) is 34.9 Å². The third-order valence-electron chi connectivity index (χ3n) is 4.22. The molecule has 0 bridgehead atoms. The van der Waals surface area contributed by atoms with Crippen molar-refractivity contribution in [2.45, 2.75) is 45.1 Å². The normalized spacial score (nSPS) is 15.1. The van der Waals surface area contributed by atoms with Crippen LogP contribution in [-0.4, -0.2) is 24.5 Å². The molecule has 1 fully saturated rings. The van der Waals surface area contributed by atoms with E-state index in [1.165, 1.54) is 32.1 Å². The lowest BCUT2D eigenvalue weighted by Crippen LogP contribution is -2.37. The first-order chi connectivity index (χ1) is 10.1. The first kappa shape index (κ1) is 16.2. The van der Waals surface area contributed by atoms with E-state index in [9.17, 15) is 4.79 Å². The summed E-state index contributed by atoms with van der Waals surface area (Å²) in [6.07, 6.45) is 7.88. The van der Waals surface area contributed by atoms with E-state index in [1.807, 2.05) is 31.3 Å². The van der Waals surface area contributed by atoms with Gasteiger partial charge >= 0.3 is 6.03 Å². The highest BCUT2D eigenvalue weighted by atomic mass is 35.5. The molecule has 1 N–H and O–H groups in total. The van der Waals surface area contributed by atoms with Crippen molar-refractivity contribution in [1.29, 1.82) is 0 Å². The van der Waals surface area contributed by atoms with E-state index in [0.717, 1.165) is 29.5 Å². The van der Waals surface area contributed by atoms with E-state index < -0.39 is 0 Å². The maximum absolute atomic E-state index is 12.0. The maximum Gasteiger partial charge on any atom is 0.317 e. The number of urea groups is 1.